The van der Waals surface area contributed by atoms with Gasteiger partial charge in [0, 0.05) is 24.8 Å². The SMILES string of the molecule is CCNCC(C(C)C)N1CC(C)Cc2ccccc21. The minimum Gasteiger partial charge on any atom is -0.367 e. The van der Waals surface area contributed by atoms with Crippen molar-refractivity contribution >= 4 is 5.69 Å². The topological polar surface area (TPSA) is 15.3 Å². The van der Waals surface area contributed by atoms with E-state index in [-0.39, 0.29) is 0 Å². The van der Waals surface area contributed by atoms with Crippen molar-refractivity contribution in [3.05, 3.63) is 29.8 Å². The number of hydrogen-bond acceptors (Lipinski definition) is 2. The van der Waals surface area contributed by atoms with Gasteiger partial charge >= 0.3 is 0 Å². The van der Waals surface area contributed by atoms with Gasteiger partial charge in [0.15, 0.2) is 0 Å². The Morgan fingerprint density at radius 2 is 2.05 bits per heavy atom. The van der Waals surface area contributed by atoms with Gasteiger partial charge in [0.2, 0.25) is 0 Å². The molecule has 1 aliphatic rings. The zero-order valence-electron chi connectivity index (χ0n) is 12.8. The van der Waals surface area contributed by atoms with E-state index in [1.165, 1.54) is 24.2 Å². The summed E-state index contributed by atoms with van der Waals surface area (Å²) >= 11 is 0. The van der Waals surface area contributed by atoms with Crippen molar-refractivity contribution in [1.82, 2.24) is 5.32 Å². The highest BCUT2D eigenvalue weighted by Gasteiger charge is 2.28. The molecule has 19 heavy (non-hydrogen) atoms. The lowest BCUT2D eigenvalue weighted by molar-refractivity contribution is 0.394. The standard InChI is InChI=1S/C17H28N2/c1-5-18-11-17(13(2)3)19-12-14(4)10-15-8-6-7-9-16(15)19/h6-9,13-14,17-18H,5,10-12H2,1-4H3. The summed E-state index contributed by atoms with van der Waals surface area (Å²) < 4.78 is 0. The summed E-state index contributed by atoms with van der Waals surface area (Å²) in [4.78, 5) is 2.64. The lowest BCUT2D eigenvalue weighted by atomic mass is 9.90. The minimum atomic E-state index is 0.587. The van der Waals surface area contributed by atoms with Crippen LogP contribution in [0.25, 0.3) is 0 Å². The van der Waals surface area contributed by atoms with Gasteiger partial charge in [-0.1, -0.05) is 45.9 Å². The van der Waals surface area contributed by atoms with E-state index < -0.39 is 0 Å². The molecular formula is C17H28N2. The second-order valence-corrected chi connectivity index (χ2v) is 6.21. The van der Waals surface area contributed by atoms with Gasteiger partial charge in [0.25, 0.3) is 0 Å². The average molecular weight is 260 g/mol. The van der Waals surface area contributed by atoms with E-state index in [4.69, 9.17) is 0 Å². The van der Waals surface area contributed by atoms with E-state index in [0.717, 1.165) is 19.0 Å². The van der Waals surface area contributed by atoms with E-state index in [1.54, 1.807) is 0 Å². The molecule has 2 rings (SSSR count). The van der Waals surface area contributed by atoms with Crippen LogP contribution < -0.4 is 10.2 Å². The molecule has 1 N–H and O–H groups in total. The average Bonchev–Trinajstić information content (AvgIpc) is 2.38. The maximum absolute atomic E-state index is 3.53. The normalized spacial score (nSPS) is 20.5. The highest BCUT2D eigenvalue weighted by Crippen LogP contribution is 2.32. The predicted molar refractivity (Wildman–Crippen MR) is 83.8 cm³/mol. The van der Waals surface area contributed by atoms with Crippen molar-refractivity contribution in [2.45, 2.75) is 40.2 Å². The molecule has 0 amide bonds. The van der Waals surface area contributed by atoms with Crippen LogP contribution in [0, 0.1) is 11.8 Å². The Morgan fingerprint density at radius 3 is 2.74 bits per heavy atom. The maximum Gasteiger partial charge on any atom is 0.0437 e. The summed E-state index contributed by atoms with van der Waals surface area (Å²) in [7, 11) is 0. The molecule has 2 unspecified atom stereocenters. The molecule has 0 bridgehead atoms. The number of hydrogen-bond donors (Lipinski definition) is 1. The summed E-state index contributed by atoms with van der Waals surface area (Å²) in [6.45, 7) is 12.5. The van der Waals surface area contributed by atoms with Crippen molar-refractivity contribution in [2.75, 3.05) is 24.5 Å². The molecule has 0 saturated heterocycles. The van der Waals surface area contributed by atoms with E-state index in [2.05, 4.69) is 62.2 Å². The molecule has 106 valence electrons. The van der Waals surface area contributed by atoms with Gasteiger partial charge in [-0.15, -0.1) is 0 Å². The van der Waals surface area contributed by atoms with Crippen molar-refractivity contribution in [1.29, 1.82) is 0 Å². The third-order valence-electron chi connectivity index (χ3n) is 4.15. The molecule has 2 atom stereocenters. The first-order valence-electron chi connectivity index (χ1n) is 7.68. The van der Waals surface area contributed by atoms with Crippen LogP contribution in [-0.4, -0.2) is 25.7 Å². The fourth-order valence-electron chi connectivity index (χ4n) is 3.15. The predicted octanol–water partition coefficient (Wildman–Crippen LogP) is 3.32. The van der Waals surface area contributed by atoms with Crippen LogP contribution in [0.5, 0.6) is 0 Å². The number of anilines is 1. The van der Waals surface area contributed by atoms with Crippen LogP contribution in [0.15, 0.2) is 24.3 Å². The van der Waals surface area contributed by atoms with E-state index in [1.807, 2.05) is 0 Å². The minimum absolute atomic E-state index is 0.587. The Kier molecular flexibility index (Phi) is 4.87. The quantitative estimate of drug-likeness (QED) is 0.873. The third-order valence-corrected chi connectivity index (χ3v) is 4.15. The molecule has 0 spiro atoms. The van der Waals surface area contributed by atoms with Gasteiger partial charge in [-0.3, -0.25) is 0 Å². The van der Waals surface area contributed by atoms with E-state index >= 15 is 0 Å². The van der Waals surface area contributed by atoms with Crippen molar-refractivity contribution in [3.8, 4) is 0 Å². The van der Waals surface area contributed by atoms with Crippen molar-refractivity contribution in [2.24, 2.45) is 11.8 Å². The van der Waals surface area contributed by atoms with Gasteiger partial charge in [0.1, 0.15) is 0 Å². The number of para-hydroxylation sites is 1. The van der Waals surface area contributed by atoms with Crippen LogP contribution in [0.3, 0.4) is 0 Å². The Hall–Kier alpha value is -1.02. The molecule has 0 fully saturated rings. The second-order valence-electron chi connectivity index (χ2n) is 6.21. The largest absolute Gasteiger partial charge is 0.367 e. The Morgan fingerprint density at radius 1 is 1.32 bits per heavy atom. The van der Waals surface area contributed by atoms with Crippen LogP contribution in [0.1, 0.15) is 33.3 Å². The lowest BCUT2D eigenvalue weighted by Crippen LogP contribution is -2.49. The zero-order chi connectivity index (χ0) is 13.8. The highest BCUT2D eigenvalue weighted by molar-refractivity contribution is 5.56. The van der Waals surface area contributed by atoms with Gasteiger partial charge < -0.3 is 10.2 Å². The molecule has 2 nitrogen and oxygen atoms in total. The molecule has 1 aromatic rings. The molecule has 2 heteroatoms. The Balaban J connectivity index is 2.26. The first-order valence-corrected chi connectivity index (χ1v) is 7.68. The van der Waals surface area contributed by atoms with Gasteiger partial charge in [-0.25, -0.2) is 0 Å². The van der Waals surface area contributed by atoms with Crippen molar-refractivity contribution in [3.63, 3.8) is 0 Å². The summed E-state index contributed by atoms with van der Waals surface area (Å²) in [5.41, 5.74) is 2.97. The summed E-state index contributed by atoms with van der Waals surface area (Å²) in [6.07, 6.45) is 1.22. The smallest absolute Gasteiger partial charge is 0.0437 e. The molecule has 1 aliphatic heterocycles. The van der Waals surface area contributed by atoms with Crippen molar-refractivity contribution < 1.29 is 0 Å². The number of likely N-dealkylation sites (N-methyl/N-ethyl adjacent to an activating group) is 1. The summed E-state index contributed by atoms with van der Waals surface area (Å²) in [5.74, 6) is 1.41. The zero-order valence-corrected chi connectivity index (χ0v) is 12.8. The van der Waals surface area contributed by atoms with Crippen LogP contribution in [0.4, 0.5) is 5.69 Å². The first kappa shape index (κ1) is 14.4. The van der Waals surface area contributed by atoms with Crippen LogP contribution >= 0.6 is 0 Å². The first-order chi connectivity index (χ1) is 9.13. The van der Waals surface area contributed by atoms with Crippen LogP contribution in [0.2, 0.25) is 0 Å². The molecule has 0 aromatic heterocycles. The highest BCUT2D eigenvalue weighted by atomic mass is 15.2. The fraction of sp³-hybridized carbons (Fsp3) is 0.647. The molecule has 0 aliphatic carbocycles. The Bertz CT molecular complexity index is 400. The fourth-order valence-corrected chi connectivity index (χ4v) is 3.15. The molecular weight excluding hydrogens is 232 g/mol. The molecule has 0 radical (unpaired) electrons. The third kappa shape index (κ3) is 3.30. The molecule has 1 heterocycles. The lowest BCUT2D eigenvalue weighted by Gasteiger charge is -2.42. The van der Waals surface area contributed by atoms with E-state index in [0.29, 0.717) is 12.0 Å². The van der Waals surface area contributed by atoms with Crippen LogP contribution in [-0.2, 0) is 6.42 Å². The number of nitrogens with one attached hydrogen (secondary N) is 1. The number of nitrogens with zero attached hydrogens (tertiary/aromatic N) is 1. The number of benzene rings is 1. The van der Waals surface area contributed by atoms with Gasteiger partial charge in [-0.05, 0) is 36.4 Å². The second kappa shape index (κ2) is 6.42. The monoisotopic (exact) mass is 260 g/mol. The maximum atomic E-state index is 3.53. The molecule has 1 aromatic carbocycles. The number of fused-ring (bicyclic) bond motifs is 1. The van der Waals surface area contributed by atoms with Gasteiger partial charge in [0.05, 0.1) is 0 Å². The Labute approximate surface area is 118 Å². The van der Waals surface area contributed by atoms with Gasteiger partial charge in [-0.2, -0.15) is 0 Å². The summed E-state index contributed by atoms with van der Waals surface area (Å²) in [5, 5.41) is 3.53. The molecule has 0 saturated carbocycles. The number of rotatable bonds is 5. The van der Waals surface area contributed by atoms with E-state index in [9.17, 15) is 0 Å². The summed E-state index contributed by atoms with van der Waals surface area (Å²) in [6, 6.07) is 9.52.